The molecule has 0 radical (unpaired) electrons. The average molecular weight is 555 g/mol. The molecule has 2 aliphatic rings. The van der Waals surface area contributed by atoms with Crippen LogP contribution in [0, 0.1) is 13.8 Å². The van der Waals surface area contributed by atoms with Gasteiger partial charge in [0.05, 0.1) is 31.0 Å². The van der Waals surface area contributed by atoms with Crippen LogP contribution in [0.5, 0.6) is 0 Å². The molecule has 1 N–H and O–H groups in total. The Kier molecular flexibility index (Phi) is 7.53. The second kappa shape index (κ2) is 10.8. The summed E-state index contributed by atoms with van der Waals surface area (Å²) in [5.74, 6) is 0. The summed E-state index contributed by atoms with van der Waals surface area (Å²) in [6.07, 6.45) is 2.92. The number of benzene rings is 1. The maximum Gasteiger partial charge on any atom is 0.170 e. The predicted octanol–water partition coefficient (Wildman–Crippen LogP) is 4.95. The highest BCUT2D eigenvalue weighted by Crippen LogP contribution is 2.41. The number of aromatic nitrogens is 2. The van der Waals surface area contributed by atoms with Gasteiger partial charge in [-0.2, -0.15) is 0 Å². The molecule has 35 heavy (non-hydrogen) atoms. The minimum Gasteiger partial charge on any atom is -0.379 e. The molecule has 0 spiro atoms. The van der Waals surface area contributed by atoms with E-state index in [1.165, 1.54) is 17.0 Å². The Hall–Kier alpha value is -2.26. The lowest BCUT2D eigenvalue weighted by molar-refractivity contribution is 0.0365. The lowest BCUT2D eigenvalue weighted by Crippen LogP contribution is -2.39. The summed E-state index contributed by atoms with van der Waals surface area (Å²) in [5.41, 5.74) is 5.92. The van der Waals surface area contributed by atoms with Gasteiger partial charge in [-0.15, -0.1) is 0 Å². The molecule has 6 nitrogen and oxygen atoms in total. The number of ether oxygens (including phenoxy) is 1. The topological polar surface area (TPSA) is 45.6 Å². The van der Waals surface area contributed by atoms with Crippen LogP contribution in [0.3, 0.4) is 0 Å². The van der Waals surface area contributed by atoms with Crippen molar-refractivity contribution < 1.29 is 4.74 Å². The Bertz CT molecular complexity index is 1160. The molecule has 3 aromatic rings. The van der Waals surface area contributed by atoms with Crippen molar-refractivity contribution in [3.05, 3.63) is 81.8 Å². The van der Waals surface area contributed by atoms with E-state index in [4.69, 9.17) is 21.9 Å². The van der Waals surface area contributed by atoms with Crippen LogP contribution in [0.1, 0.15) is 41.1 Å². The number of thiocarbonyl (C=S) groups is 1. The van der Waals surface area contributed by atoms with Crippen molar-refractivity contribution in [2.45, 2.75) is 32.4 Å². The van der Waals surface area contributed by atoms with Gasteiger partial charge in [0.2, 0.25) is 0 Å². The molecule has 0 aliphatic carbocycles. The third-order valence-electron chi connectivity index (χ3n) is 7.05. The fourth-order valence-corrected chi connectivity index (χ4v) is 5.94. The molecular formula is C27H32BrN5OS. The van der Waals surface area contributed by atoms with Gasteiger partial charge < -0.3 is 19.5 Å². The van der Waals surface area contributed by atoms with Crippen LogP contribution in [0.15, 0.2) is 59.2 Å². The number of nitrogens with zero attached hydrogens (tertiary/aromatic N) is 4. The van der Waals surface area contributed by atoms with Crippen molar-refractivity contribution in [1.82, 2.24) is 24.7 Å². The van der Waals surface area contributed by atoms with E-state index in [-0.39, 0.29) is 12.1 Å². The quantitative estimate of drug-likeness (QED) is 0.418. The molecule has 2 unspecified atom stereocenters. The summed E-state index contributed by atoms with van der Waals surface area (Å²) in [7, 11) is 0. The fourth-order valence-electron chi connectivity index (χ4n) is 5.35. The van der Waals surface area contributed by atoms with E-state index in [1.807, 2.05) is 12.3 Å². The highest BCUT2D eigenvalue weighted by molar-refractivity contribution is 9.10. The number of rotatable bonds is 7. The number of hydrogen-bond acceptors (Lipinski definition) is 4. The number of hydrogen-bond donors (Lipinski definition) is 1. The van der Waals surface area contributed by atoms with Crippen LogP contribution in [0.2, 0.25) is 0 Å². The van der Waals surface area contributed by atoms with Gasteiger partial charge in [0, 0.05) is 53.9 Å². The van der Waals surface area contributed by atoms with Gasteiger partial charge in [0.15, 0.2) is 5.11 Å². The molecule has 2 fully saturated rings. The van der Waals surface area contributed by atoms with Crippen LogP contribution in [-0.2, 0) is 4.74 Å². The number of morpholine rings is 1. The van der Waals surface area contributed by atoms with Gasteiger partial charge in [-0.3, -0.25) is 9.88 Å². The van der Waals surface area contributed by atoms with Crippen molar-refractivity contribution in [3.63, 3.8) is 0 Å². The minimum atomic E-state index is 0.00551. The maximum atomic E-state index is 5.90. The monoisotopic (exact) mass is 553 g/mol. The molecule has 8 heteroatoms. The number of halogens is 1. The molecule has 0 amide bonds. The van der Waals surface area contributed by atoms with Crippen LogP contribution < -0.4 is 5.32 Å². The molecule has 1 aromatic carbocycles. The van der Waals surface area contributed by atoms with Crippen LogP contribution in [0.4, 0.5) is 0 Å². The Balaban J connectivity index is 1.47. The van der Waals surface area contributed by atoms with Crippen LogP contribution in [0.25, 0.3) is 5.69 Å². The molecule has 4 heterocycles. The highest BCUT2D eigenvalue weighted by atomic mass is 79.9. The van der Waals surface area contributed by atoms with E-state index >= 15 is 0 Å². The largest absolute Gasteiger partial charge is 0.379 e. The molecule has 0 bridgehead atoms. The molecule has 2 atom stereocenters. The van der Waals surface area contributed by atoms with E-state index in [1.54, 1.807) is 0 Å². The van der Waals surface area contributed by atoms with Gasteiger partial charge in [-0.05, 0) is 80.5 Å². The number of nitrogens with one attached hydrogen (secondary N) is 1. The smallest absolute Gasteiger partial charge is 0.170 e. The number of aryl methyl sites for hydroxylation is 1. The van der Waals surface area contributed by atoms with E-state index < -0.39 is 0 Å². The molecule has 5 rings (SSSR count). The summed E-state index contributed by atoms with van der Waals surface area (Å²) in [5, 5.41) is 4.41. The molecular weight excluding hydrogens is 522 g/mol. The Morgan fingerprint density at radius 3 is 2.57 bits per heavy atom. The van der Waals surface area contributed by atoms with Gasteiger partial charge in [-0.1, -0.05) is 22.0 Å². The first-order valence-corrected chi connectivity index (χ1v) is 13.5. The van der Waals surface area contributed by atoms with Gasteiger partial charge in [0.1, 0.15) is 0 Å². The van der Waals surface area contributed by atoms with E-state index in [0.717, 1.165) is 66.8 Å². The van der Waals surface area contributed by atoms with E-state index in [0.29, 0.717) is 0 Å². The van der Waals surface area contributed by atoms with Gasteiger partial charge >= 0.3 is 0 Å². The lowest BCUT2D eigenvalue weighted by Gasteiger charge is -2.30. The Labute approximate surface area is 221 Å². The summed E-state index contributed by atoms with van der Waals surface area (Å²) in [6.45, 7) is 10.0. The van der Waals surface area contributed by atoms with Crippen LogP contribution >= 0.6 is 28.1 Å². The summed E-state index contributed by atoms with van der Waals surface area (Å²) in [6, 6.07) is 17.0. The SMILES string of the molecule is Cc1cc(C2C(c3ccccn3)NC(=S)N2CCCN2CCOCC2)c(C)n1-c1ccc(Br)cc1. The lowest BCUT2D eigenvalue weighted by atomic mass is 9.96. The molecule has 184 valence electrons. The zero-order valence-corrected chi connectivity index (χ0v) is 22.7. The molecule has 2 aromatic heterocycles. The van der Waals surface area contributed by atoms with Crippen molar-refractivity contribution in [2.75, 3.05) is 39.4 Å². The van der Waals surface area contributed by atoms with E-state index in [9.17, 15) is 0 Å². The predicted molar refractivity (Wildman–Crippen MR) is 147 cm³/mol. The van der Waals surface area contributed by atoms with Crippen molar-refractivity contribution in [1.29, 1.82) is 0 Å². The fraction of sp³-hybridized carbons (Fsp3) is 0.407. The van der Waals surface area contributed by atoms with Crippen LogP contribution in [-0.4, -0.2) is 63.9 Å². The van der Waals surface area contributed by atoms with Gasteiger partial charge in [0.25, 0.3) is 0 Å². The minimum absolute atomic E-state index is 0.00551. The van der Waals surface area contributed by atoms with E-state index in [2.05, 4.69) is 91.9 Å². The zero-order chi connectivity index (χ0) is 24.4. The summed E-state index contributed by atoms with van der Waals surface area (Å²) in [4.78, 5) is 9.57. The molecule has 2 aliphatic heterocycles. The highest BCUT2D eigenvalue weighted by Gasteiger charge is 2.41. The molecule has 0 saturated carbocycles. The zero-order valence-electron chi connectivity index (χ0n) is 20.3. The maximum absolute atomic E-state index is 5.90. The molecule has 2 saturated heterocycles. The number of pyridine rings is 1. The van der Waals surface area contributed by atoms with Crippen molar-refractivity contribution >= 4 is 33.3 Å². The Morgan fingerprint density at radius 1 is 1.09 bits per heavy atom. The Morgan fingerprint density at radius 2 is 1.86 bits per heavy atom. The third kappa shape index (κ3) is 5.16. The first-order valence-electron chi connectivity index (χ1n) is 12.3. The first kappa shape index (κ1) is 24.4. The summed E-state index contributed by atoms with van der Waals surface area (Å²) >= 11 is 9.46. The second-order valence-electron chi connectivity index (χ2n) is 9.27. The normalized spacial score (nSPS) is 20.9. The van der Waals surface area contributed by atoms with Gasteiger partial charge in [-0.25, -0.2) is 0 Å². The third-order valence-corrected chi connectivity index (χ3v) is 7.93. The standard InChI is InChI=1S/C27H32BrN5OS/c1-19-18-23(20(2)33(19)22-9-7-21(28)8-10-22)26-25(24-6-3-4-11-29-24)30-27(35)32(26)13-5-12-31-14-16-34-17-15-31/h3-4,6-11,18,25-26H,5,12-17H2,1-2H3,(H,30,35). The van der Waals surface area contributed by atoms with Crippen molar-refractivity contribution in [2.24, 2.45) is 0 Å². The second-order valence-corrected chi connectivity index (χ2v) is 10.6. The summed E-state index contributed by atoms with van der Waals surface area (Å²) < 4.78 is 8.93. The van der Waals surface area contributed by atoms with Crippen molar-refractivity contribution in [3.8, 4) is 5.69 Å². The first-order chi connectivity index (χ1) is 17.0. The average Bonchev–Trinajstić information content (AvgIpc) is 3.36.